The lowest BCUT2D eigenvalue weighted by Crippen LogP contribution is -2.28. The van der Waals surface area contributed by atoms with Gasteiger partial charge >= 0.3 is 11.9 Å². The smallest absolute Gasteiger partial charge is 0.328 e. The van der Waals surface area contributed by atoms with E-state index in [-0.39, 0.29) is 11.6 Å². The summed E-state index contributed by atoms with van der Waals surface area (Å²) >= 11 is 1.34. The third-order valence-corrected chi connectivity index (χ3v) is 6.67. The molecular formula is C26H25FN4O4S. The SMILES string of the molecule is CCC(C)OC(=O)C(C(=O)O)c1nc(NCc2ccccn2)c2c(-c3ccc(F)cc3)c(C)sc2n1. The highest BCUT2D eigenvalue weighted by Crippen LogP contribution is 2.41. The Balaban J connectivity index is 1.86. The predicted octanol–water partition coefficient (Wildman–Crippen LogP) is 5.32. The van der Waals surface area contributed by atoms with Gasteiger partial charge in [0.2, 0.25) is 5.92 Å². The number of fused-ring (bicyclic) bond motifs is 1. The van der Waals surface area contributed by atoms with Gasteiger partial charge in [0, 0.05) is 16.6 Å². The first-order chi connectivity index (χ1) is 17.3. The van der Waals surface area contributed by atoms with E-state index < -0.39 is 24.0 Å². The molecule has 0 amide bonds. The molecule has 0 spiro atoms. The molecule has 0 aliphatic rings. The highest BCUT2D eigenvalue weighted by atomic mass is 32.1. The summed E-state index contributed by atoms with van der Waals surface area (Å²) in [6, 6.07) is 11.6. The van der Waals surface area contributed by atoms with Gasteiger partial charge in [-0.25, -0.2) is 14.4 Å². The molecule has 0 aliphatic carbocycles. The van der Waals surface area contributed by atoms with Crippen LogP contribution in [0.1, 0.15) is 42.6 Å². The Hall–Kier alpha value is -3.92. The first kappa shape index (κ1) is 25.2. The largest absolute Gasteiger partial charge is 0.480 e. The maximum atomic E-state index is 13.6. The number of carbonyl (C=O) groups is 2. The number of halogens is 1. The van der Waals surface area contributed by atoms with Gasteiger partial charge in [-0.3, -0.25) is 14.6 Å². The zero-order valence-corrected chi connectivity index (χ0v) is 20.8. The van der Waals surface area contributed by atoms with Crippen molar-refractivity contribution in [3.8, 4) is 11.1 Å². The molecule has 2 unspecified atom stereocenters. The number of esters is 1. The van der Waals surface area contributed by atoms with Gasteiger partial charge in [0.15, 0.2) is 5.82 Å². The Morgan fingerprint density at radius 1 is 1.17 bits per heavy atom. The lowest BCUT2D eigenvalue weighted by molar-refractivity contribution is -0.157. The summed E-state index contributed by atoms with van der Waals surface area (Å²) in [5, 5.41) is 13.8. The summed E-state index contributed by atoms with van der Waals surface area (Å²) in [5.74, 6) is -4.17. The second-order valence-electron chi connectivity index (χ2n) is 8.25. The molecule has 3 heterocycles. The van der Waals surface area contributed by atoms with Gasteiger partial charge in [-0.2, -0.15) is 0 Å². The van der Waals surface area contributed by atoms with Crippen molar-refractivity contribution in [2.75, 3.05) is 5.32 Å². The van der Waals surface area contributed by atoms with Gasteiger partial charge < -0.3 is 15.2 Å². The lowest BCUT2D eigenvalue weighted by Gasteiger charge is -2.16. The second-order valence-corrected chi connectivity index (χ2v) is 9.46. The maximum Gasteiger partial charge on any atom is 0.328 e. The number of aliphatic carboxylic acids is 1. The van der Waals surface area contributed by atoms with Crippen molar-refractivity contribution in [3.63, 3.8) is 0 Å². The number of carboxylic acids is 1. The number of thiophene rings is 1. The molecular weight excluding hydrogens is 483 g/mol. The first-order valence-corrected chi connectivity index (χ1v) is 12.2. The number of carbonyl (C=O) groups excluding carboxylic acids is 1. The molecule has 0 fully saturated rings. The summed E-state index contributed by atoms with van der Waals surface area (Å²) in [4.78, 5) is 39.6. The Morgan fingerprint density at radius 3 is 2.56 bits per heavy atom. The Morgan fingerprint density at radius 2 is 1.92 bits per heavy atom. The molecule has 0 bridgehead atoms. The molecule has 36 heavy (non-hydrogen) atoms. The van der Waals surface area contributed by atoms with E-state index >= 15 is 0 Å². The number of aryl methyl sites for hydroxylation is 1. The van der Waals surface area contributed by atoms with Gasteiger partial charge in [-0.1, -0.05) is 25.1 Å². The van der Waals surface area contributed by atoms with Gasteiger partial charge in [0.25, 0.3) is 0 Å². The van der Waals surface area contributed by atoms with E-state index in [0.717, 1.165) is 21.7 Å². The molecule has 10 heteroatoms. The molecule has 8 nitrogen and oxygen atoms in total. The van der Waals surface area contributed by atoms with Gasteiger partial charge in [0.1, 0.15) is 16.5 Å². The van der Waals surface area contributed by atoms with E-state index in [2.05, 4.69) is 20.3 Å². The fourth-order valence-corrected chi connectivity index (χ4v) is 4.74. The molecule has 2 N–H and O–H groups in total. The fraction of sp³-hybridized carbons (Fsp3) is 0.269. The van der Waals surface area contributed by atoms with Crippen LogP contribution in [0.5, 0.6) is 0 Å². The van der Waals surface area contributed by atoms with Crippen molar-refractivity contribution in [2.24, 2.45) is 0 Å². The Labute approximate surface area is 211 Å². The van der Waals surface area contributed by atoms with E-state index in [1.165, 1.54) is 23.5 Å². The van der Waals surface area contributed by atoms with Crippen LogP contribution in [0, 0.1) is 12.7 Å². The van der Waals surface area contributed by atoms with Crippen LogP contribution in [0.4, 0.5) is 10.2 Å². The van der Waals surface area contributed by atoms with Crippen LogP contribution in [0.25, 0.3) is 21.3 Å². The molecule has 1 aromatic carbocycles. The van der Waals surface area contributed by atoms with Crippen molar-refractivity contribution < 1.29 is 23.8 Å². The van der Waals surface area contributed by atoms with E-state index in [1.54, 1.807) is 31.3 Å². The summed E-state index contributed by atoms with van der Waals surface area (Å²) in [6.45, 7) is 5.73. The third-order valence-electron chi connectivity index (χ3n) is 5.67. The Bertz CT molecular complexity index is 1390. The van der Waals surface area contributed by atoms with Crippen LogP contribution in [0.2, 0.25) is 0 Å². The number of carboxylic acid groups (broad SMARTS) is 1. The lowest BCUT2D eigenvalue weighted by atomic mass is 10.0. The molecule has 3 aromatic heterocycles. The van der Waals surface area contributed by atoms with Crippen molar-refractivity contribution in [1.82, 2.24) is 15.0 Å². The molecule has 0 saturated heterocycles. The molecule has 2 atom stereocenters. The number of aromatic nitrogens is 3. The molecule has 186 valence electrons. The van der Waals surface area contributed by atoms with E-state index in [1.807, 2.05) is 26.0 Å². The van der Waals surface area contributed by atoms with Crippen LogP contribution in [0.15, 0.2) is 48.7 Å². The van der Waals surface area contributed by atoms with Gasteiger partial charge in [-0.15, -0.1) is 11.3 Å². The minimum atomic E-state index is -1.68. The van der Waals surface area contributed by atoms with Crippen molar-refractivity contribution in [2.45, 2.75) is 45.8 Å². The molecule has 0 radical (unpaired) electrons. The van der Waals surface area contributed by atoms with Crippen LogP contribution in [0.3, 0.4) is 0 Å². The number of nitrogens with zero attached hydrogens (tertiary/aromatic N) is 3. The zero-order valence-electron chi connectivity index (χ0n) is 20.0. The fourth-order valence-electron chi connectivity index (χ4n) is 3.69. The van der Waals surface area contributed by atoms with E-state index in [9.17, 15) is 19.1 Å². The molecule has 4 rings (SSSR count). The van der Waals surface area contributed by atoms with Crippen molar-refractivity contribution in [1.29, 1.82) is 0 Å². The quantitative estimate of drug-likeness (QED) is 0.231. The summed E-state index contributed by atoms with van der Waals surface area (Å²) in [5.41, 5.74) is 2.31. The highest BCUT2D eigenvalue weighted by molar-refractivity contribution is 7.19. The zero-order chi connectivity index (χ0) is 25.8. The van der Waals surface area contributed by atoms with Crippen LogP contribution in [-0.2, 0) is 20.9 Å². The predicted molar refractivity (Wildman–Crippen MR) is 135 cm³/mol. The number of pyridine rings is 1. The monoisotopic (exact) mass is 508 g/mol. The standard InChI is InChI=1S/C26H25FN4O4S/c1-4-14(2)35-26(34)21(25(32)33)23-30-22(29-13-18-7-5-6-12-28-18)20-19(15(3)36-24(20)31-23)16-8-10-17(27)11-9-16/h5-12,14,21H,4,13H2,1-3H3,(H,32,33)(H,29,30,31). The molecule has 0 saturated carbocycles. The van der Waals surface area contributed by atoms with Gasteiger partial charge in [-0.05, 0) is 50.1 Å². The van der Waals surface area contributed by atoms with Crippen LogP contribution < -0.4 is 5.32 Å². The number of nitrogens with one attached hydrogen (secondary N) is 1. The van der Waals surface area contributed by atoms with Crippen LogP contribution >= 0.6 is 11.3 Å². The van der Waals surface area contributed by atoms with Crippen LogP contribution in [-0.4, -0.2) is 38.1 Å². The number of benzene rings is 1. The highest BCUT2D eigenvalue weighted by Gasteiger charge is 2.35. The summed E-state index contributed by atoms with van der Waals surface area (Å²) in [7, 11) is 0. The second kappa shape index (κ2) is 10.8. The molecule has 4 aromatic rings. The summed E-state index contributed by atoms with van der Waals surface area (Å²) in [6.07, 6.45) is 1.76. The summed E-state index contributed by atoms with van der Waals surface area (Å²) < 4.78 is 18.9. The minimum Gasteiger partial charge on any atom is -0.480 e. The molecule has 0 aliphatic heterocycles. The number of hydrogen-bond acceptors (Lipinski definition) is 8. The number of ether oxygens (including phenoxy) is 1. The first-order valence-electron chi connectivity index (χ1n) is 11.4. The van der Waals surface area contributed by atoms with Crippen molar-refractivity contribution >= 4 is 39.3 Å². The average molecular weight is 509 g/mol. The number of anilines is 1. The topological polar surface area (TPSA) is 114 Å². The van der Waals surface area contributed by atoms with E-state index in [4.69, 9.17) is 4.74 Å². The third kappa shape index (κ3) is 5.33. The van der Waals surface area contributed by atoms with E-state index in [0.29, 0.717) is 29.0 Å². The Kier molecular flexibility index (Phi) is 7.54. The average Bonchev–Trinajstić information content (AvgIpc) is 3.19. The number of rotatable bonds is 9. The number of hydrogen-bond donors (Lipinski definition) is 2. The van der Waals surface area contributed by atoms with Gasteiger partial charge in [0.05, 0.1) is 23.7 Å². The minimum absolute atomic E-state index is 0.168. The normalized spacial score (nSPS) is 12.8. The maximum absolute atomic E-state index is 13.6. The van der Waals surface area contributed by atoms with Crippen molar-refractivity contribution in [3.05, 3.63) is 70.9 Å².